The van der Waals surface area contributed by atoms with Gasteiger partial charge in [-0.05, 0) is 17.5 Å². The first kappa shape index (κ1) is 11.9. The van der Waals surface area contributed by atoms with Gasteiger partial charge in [-0.2, -0.15) is 5.10 Å². The zero-order chi connectivity index (χ0) is 12.1. The molecule has 2 rings (SSSR count). The summed E-state index contributed by atoms with van der Waals surface area (Å²) in [7, 11) is 1.94. The molecule has 0 saturated carbocycles. The van der Waals surface area contributed by atoms with E-state index in [0.717, 1.165) is 19.5 Å². The summed E-state index contributed by atoms with van der Waals surface area (Å²) < 4.78 is 1.83. The van der Waals surface area contributed by atoms with Crippen molar-refractivity contribution in [2.75, 3.05) is 0 Å². The third-order valence-electron chi connectivity index (χ3n) is 2.90. The number of aryl methyl sites for hydroxylation is 2. The van der Waals surface area contributed by atoms with E-state index in [-0.39, 0.29) is 0 Å². The number of hydrogen-bond acceptors (Lipinski definition) is 2. The lowest BCUT2D eigenvalue weighted by atomic mass is 10.1. The van der Waals surface area contributed by atoms with Crippen molar-refractivity contribution in [3.8, 4) is 0 Å². The second-order valence-corrected chi connectivity index (χ2v) is 4.25. The molecule has 1 aromatic carbocycles. The highest BCUT2D eigenvalue weighted by Crippen LogP contribution is 2.09. The molecule has 0 spiro atoms. The molecule has 0 saturated heterocycles. The highest BCUT2D eigenvalue weighted by atomic mass is 15.2. The SMILES string of the molecule is CCc1ccccc1CNCc1cnn(C)c1. The molecule has 1 aromatic heterocycles. The molecule has 0 atom stereocenters. The zero-order valence-corrected chi connectivity index (χ0v) is 10.5. The maximum atomic E-state index is 4.15. The normalized spacial score (nSPS) is 10.7. The summed E-state index contributed by atoms with van der Waals surface area (Å²) in [6.07, 6.45) is 5.03. The summed E-state index contributed by atoms with van der Waals surface area (Å²) in [5.41, 5.74) is 4.03. The molecule has 3 nitrogen and oxygen atoms in total. The smallest absolute Gasteiger partial charge is 0.0534 e. The first-order valence-corrected chi connectivity index (χ1v) is 6.04. The third-order valence-corrected chi connectivity index (χ3v) is 2.90. The number of hydrogen-bond donors (Lipinski definition) is 1. The summed E-state index contributed by atoms with van der Waals surface area (Å²) in [4.78, 5) is 0. The summed E-state index contributed by atoms with van der Waals surface area (Å²) in [5.74, 6) is 0. The summed E-state index contributed by atoms with van der Waals surface area (Å²) in [6.45, 7) is 3.98. The fraction of sp³-hybridized carbons (Fsp3) is 0.357. The van der Waals surface area contributed by atoms with Crippen LogP contribution in [0.4, 0.5) is 0 Å². The van der Waals surface area contributed by atoms with Crippen molar-refractivity contribution in [2.45, 2.75) is 26.4 Å². The quantitative estimate of drug-likeness (QED) is 0.852. The van der Waals surface area contributed by atoms with Crippen LogP contribution < -0.4 is 5.32 Å². The number of aromatic nitrogens is 2. The van der Waals surface area contributed by atoms with Gasteiger partial charge in [0.25, 0.3) is 0 Å². The number of nitrogens with one attached hydrogen (secondary N) is 1. The van der Waals surface area contributed by atoms with E-state index in [9.17, 15) is 0 Å². The Labute approximate surface area is 102 Å². The second kappa shape index (κ2) is 5.64. The molecule has 0 aliphatic heterocycles. The number of rotatable bonds is 5. The van der Waals surface area contributed by atoms with Crippen molar-refractivity contribution in [1.29, 1.82) is 0 Å². The van der Waals surface area contributed by atoms with E-state index in [2.05, 4.69) is 41.6 Å². The van der Waals surface area contributed by atoms with Gasteiger partial charge in [-0.1, -0.05) is 31.2 Å². The first-order valence-electron chi connectivity index (χ1n) is 6.04. The predicted octanol–water partition coefficient (Wildman–Crippen LogP) is 2.27. The van der Waals surface area contributed by atoms with Crippen LogP contribution in [0, 0.1) is 0 Å². The molecule has 0 amide bonds. The molecular weight excluding hydrogens is 210 g/mol. The van der Waals surface area contributed by atoms with Gasteiger partial charge in [0.2, 0.25) is 0 Å². The zero-order valence-electron chi connectivity index (χ0n) is 10.5. The Morgan fingerprint density at radius 1 is 1.18 bits per heavy atom. The number of nitrogens with zero attached hydrogens (tertiary/aromatic N) is 2. The summed E-state index contributed by atoms with van der Waals surface area (Å²) >= 11 is 0. The van der Waals surface area contributed by atoms with Gasteiger partial charge >= 0.3 is 0 Å². The molecule has 1 heterocycles. The molecule has 0 unspecified atom stereocenters. The average Bonchev–Trinajstić information content (AvgIpc) is 2.76. The van der Waals surface area contributed by atoms with Gasteiger partial charge in [0.1, 0.15) is 0 Å². The molecule has 90 valence electrons. The minimum Gasteiger partial charge on any atom is -0.308 e. The van der Waals surface area contributed by atoms with Crippen molar-refractivity contribution >= 4 is 0 Å². The molecule has 0 radical (unpaired) electrons. The van der Waals surface area contributed by atoms with Crippen molar-refractivity contribution in [3.05, 3.63) is 53.3 Å². The van der Waals surface area contributed by atoms with Crippen LogP contribution in [0.5, 0.6) is 0 Å². The lowest BCUT2D eigenvalue weighted by Crippen LogP contribution is -2.13. The third kappa shape index (κ3) is 3.17. The first-order chi connectivity index (χ1) is 8.29. The highest BCUT2D eigenvalue weighted by Gasteiger charge is 2.00. The van der Waals surface area contributed by atoms with Crippen molar-refractivity contribution in [2.24, 2.45) is 7.05 Å². The van der Waals surface area contributed by atoms with E-state index in [0.29, 0.717) is 0 Å². The Hall–Kier alpha value is -1.61. The Kier molecular flexibility index (Phi) is 3.94. The van der Waals surface area contributed by atoms with Crippen molar-refractivity contribution in [3.63, 3.8) is 0 Å². The molecular formula is C14H19N3. The molecule has 17 heavy (non-hydrogen) atoms. The molecule has 0 bridgehead atoms. The van der Waals surface area contributed by atoms with Gasteiger partial charge < -0.3 is 5.32 Å². The lowest BCUT2D eigenvalue weighted by Gasteiger charge is -2.08. The van der Waals surface area contributed by atoms with Crippen LogP contribution in [0.15, 0.2) is 36.7 Å². The maximum absolute atomic E-state index is 4.15. The molecule has 0 aliphatic carbocycles. The van der Waals surface area contributed by atoms with Crippen LogP contribution in [-0.2, 0) is 26.6 Å². The van der Waals surface area contributed by atoms with E-state index >= 15 is 0 Å². The minimum atomic E-state index is 0.867. The molecule has 2 aromatic rings. The maximum Gasteiger partial charge on any atom is 0.0534 e. The largest absolute Gasteiger partial charge is 0.308 e. The Bertz CT molecular complexity index is 474. The van der Waals surface area contributed by atoms with E-state index in [1.54, 1.807) is 0 Å². The highest BCUT2D eigenvalue weighted by molar-refractivity contribution is 5.26. The van der Waals surface area contributed by atoms with E-state index in [1.807, 2.05) is 24.1 Å². The molecule has 1 N–H and O–H groups in total. The van der Waals surface area contributed by atoms with Gasteiger partial charge in [0, 0.05) is 31.9 Å². The fourth-order valence-electron chi connectivity index (χ4n) is 1.98. The van der Waals surface area contributed by atoms with Gasteiger partial charge in [0.15, 0.2) is 0 Å². The lowest BCUT2D eigenvalue weighted by molar-refractivity contribution is 0.687. The van der Waals surface area contributed by atoms with Gasteiger partial charge in [-0.3, -0.25) is 4.68 Å². The topological polar surface area (TPSA) is 29.9 Å². The van der Waals surface area contributed by atoms with Gasteiger partial charge in [0.05, 0.1) is 6.20 Å². The van der Waals surface area contributed by atoms with Crippen LogP contribution in [0.1, 0.15) is 23.6 Å². The van der Waals surface area contributed by atoms with Crippen LogP contribution in [0.3, 0.4) is 0 Å². The summed E-state index contributed by atoms with van der Waals surface area (Å²) in [6, 6.07) is 8.58. The summed E-state index contributed by atoms with van der Waals surface area (Å²) in [5, 5.41) is 7.61. The predicted molar refractivity (Wildman–Crippen MR) is 69.6 cm³/mol. The van der Waals surface area contributed by atoms with Gasteiger partial charge in [-0.15, -0.1) is 0 Å². The van der Waals surface area contributed by atoms with Crippen molar-refractivity contribution in [1.82, 2.24) is 15.1 Å². The Morgan fingerprint density at radius 2 is 1.94 bits per heavy atom. The Morgan fingerprint density at radius 3 is 2.59 bits per heavy atom. The second-order valence-electron chi connectivity index (χ2n) is 4.25. The van der Waals surface area contributed by atoms with Crippen LogP contribution >= 0.6 is 0 Å². The standard InChI is InChI=1S/C14H19N3/c1-3-13-6-4-5-7-14(13)10-15-8-12-9-16-17(2)11-12/h4-7,9,11,15H,3,8,10H2,1-2H3. The van der Waals surface area contributed by atoms with Crippen LogP contribution in [0.2, 0.25) is 0 Å². The van der Waals surface area contributed by atoms with Crippen molar-refractivity contribution < 1.29 is 0 Å². The molecule has 0 fully saturated rings. The van der Waals surface area contributed by atoms with Crippen LogP contribution in [0.25, 0.3) is 0 Å². The number of benzene rings is 1. The van der Waals surface area contributed by atoms with E-state index < -0.39 is 0 Å². The Balaban J connectivity index is 1.89. The molecule has 0 aliphatic rings. The minimum absolute atomic E-state index is 0.867. The van der Waals surface area contributed by atoms with Gasteiger partial charge in [-0.25, -0.2) is 0 Å². The molecule has 3 heteroatoms. The average molecular weight is 229 g/mol. The fourth-order valence-corrected chi connectivity index (χ4v) is 1.98. The van der Waals surface area contributed by atoms with E-state index in [1.165, 1.54) is 16.7 Å². The monoisotopic (exact) mass is 229 g/mol. The van der Waals surface area contributed by atoms with Crippen LogP contribution in [-0.4, -0.2) is 9.78 Å². The van der Waals surface area contributed by atoms with E-state index in [4.69, 9.17) is 0 Å².